The van der Waals surface area contributed by atoms with Crippen molar-refractivity contribution >= 4 is 11.8 Å². The fourth-order valence-corrected chi connectivity index (χ4v) is 1.68. The monoisotopic (exact) mass is 282 g/mol. The average molecular weight is 282 g/mol. The second kappa shape index (κ2) is 7.37. The fraction of sp³-hybridized carbons (Fsp3) is 0.286. The van der Waals surface area contributed by atoms with Crippen molar-refractivity contribution in [2.24, 2.45) is 5.73 Å². The quantitative estimate of drug-likeness (QED) is 0.592. The van der Waals surface area contributed by atoms with Crippen LogP contribution in [0.3, 0.4) is 0 Å². The molecular weight excluding hydrogens is 266 g/mol. The number of hydrogen-bond acceptors (Lipinski definition) is 2. The number of carbonyl (C=O) groups excluding carboxylic acids is 2. The number of hydrogen-bond donors (Lipinski definition) is 2. The van der Waals surface area contributed by atoms with E-state index in [-0.39, 0.29) is 5.56 Å². The highest BCUT2D eigenvalue weighted by molar-refractivity contribution is 5.97. The van der Waals surface area contributed by atoms with Crippen LogP contribution in [0.4, 0.5) is 8.78 Å². The lowest BCUT2D eigenvalue weighted by molar-refractivity contribution is -0.120. The molecule has 0 aromatic heterocycles. The Kier molecular flexibility index (Phi) is 5.83. The van der Waals surface area contributed by atoms with Gasteiger partial charge in [0.2, 0.25) is 5.91 Å². The lowest BCUT2D eigenvalue weighted by Gasteiger charge is -2.15. The van der Waals surface area contributed by atoms with Crippen LogP contribution >= 0.6 is 0 Å². The molecule has 0 aliphatic heterocycles. The first kappa shape index (κ1) is 15.8. The number of halogens is 2. The first-order valence-electron chi connectivity index (χ1n) is 6.11. The van der Waals surface area contributed by atoms with Crippen LogP contribution in [0, 0.1) is 11.6 Å². The Morgan fingerprint density at radius 3 is 2.40 bits per heavy atom. The van der Waals surface area contributed by atoms with Gasteiger partial charge in [0.25, 0.3) is 5.91 Å². The molecule has 0 saturated carbocycles. The summed E-state index contributed by atoms with van der Waals surface area (Å²) in [5.41, 5.74) is 4.98. The number of rotatable bonds is 7. The number of nitrogens with two attached hydrogens (primary N) is 1. The summed E-state index contributed by atoms with van der Waals surface area (Å²) in [5.74, 6) is -3.17. The molecule has 4 nitrogen and oxygen atoms in total. The van der Waals surface area contributed by atoms with Crippen LogP contribution in [-0.2, 0) is 4.79 Å². The van der Waals surface area contributed by atoms with Gasteiger partial charge in [0.05, 0.1) is 0 Å². The van der Waals surface area contributed by atoms with Crippen LogP contribution in [0.15, 0.2) is 30.9 Å². The smallest absolute Gasteiger partial charge is 0.252 e. The topological polar surface area (TPSA) is 72.2 Å². The Bertz CT molecular complexity index is 498. The van der Waals surface area contributed by atoms with Crippen LogP contribution in [0.2, 0.25) is 0 Å². The van der Waals surface area contributed by atoms with E-state index in [0.717, 1.165) is 12.1 Å². The van der Waals surface area contributed by atoms with E-state index in [0.29, 0.717) is 25.3 Å². The highest BCUT2D eigenvalue weighted by Crippen LogP contribution is 2.09. The summed E-state index contributed by atoms with van der Waals surface area (Å²) in [7, 11) is 0. The zero-order chi connectivity index (χ0) is 15.1. The van der Waals surface area contributed by atoms with Crippen molar-refractivity contribution in [3.05, 3.63) is 48.1 Å². The van der Waals surface area contributed by atoms with Crippen molar-refractivity contribution in [1.82, 2.24) is 5.32 Å². The summed E-state index contributed by atoms with van der Waals surface area (Å²) in [6.45, 7) is 3.54. The molecule has 6 heteroatoms. The number of allylic oxidation sites excluding steroid dienone is 1. The zero-order valence-electron chi connectivity index (χ0n) is 10.9. The highest BCUT2D eigenvalue weighted by Gasteiger charge is 2.19. The molecular formula is C14H16F2N2O2. The SMILES string of the molecule is C=CCCC[C@H](NC(=O)c1cc(F)cc(F)c1)C(N)=O. The summed E-state index contributed by atoms with van der Waals surface area (Å²) >= 11 is 0. The molecule has 0 bridgehead atoms. The van der Waals surface area contributed by atoms with Crippen LogP contribution in [0.25, 0.3) is 0 Å². The van der Waals surface area contributed by atoms with Gasteiger partial charge in [0.15, 0.2) is 0 Å². The van der Waals surface area contributed by atoms with E-state index in [4.69, 9.17) is 5.73 Å². The summed E-state index contributed by atoms with van der Waals surface area (Å²) < 4.78 is 26.0. The molecule has 0 fully saturated rings. The Labute approximate surface area is 115 Å². The van der Waals surface area contributed by atoms with Crippen LogP contribution in [0.1, 0.15) is 29.6 Å². The molecule has 0 heterocycles. The minimum Gasteiger partial charge on any atom is -0.368 e. The molecule has 0 aliphatic carbocycles. The number of amides is 2. The fourth-order valence-electron chi connectivity index (χ4n) is 1.68. The van der Waals surface area contributed by atoms with Gasteiger partial charge < -0.3 is 11.1 Å². The van der Waals surface area contributed by atoms with Gasteiger partial charge in [-0.1, -0.05) is 6.08 Å². The normalized spacial score (nSPS) is 11.7. The molecule has 1 atom stereocenters. The molecule has 20 heavy (non-hydrogen) atoms. The largest absolute Gasteiger partial charge is 0.368 e. The van der Waals surface area contributed by atoms with E-state index in [1.165, 1.54) is 0 Å². The van der Waals surface area contributed by atoms with Gasteiger partial charge >= 0.3 is 0 Å². The molecule has 0 aliphatic rings. The van der Waals surface area contributed by atoms with Gasteiger partial charge in [-0.05, 0) is 31.4 Å². The second-order valence-corrected chi connectivity index (χ2v) is 4.31. The van der Waals surface area contributed by atoms with E-state index >= 15 is 0 Å². The summed E-state index contributed by atoms with van der Waals surface area (Å²) in [6, 6.07) is 1.56. The van der Waals surface area contributed by atoms with Crippen molar-refractivity contribution < 1.29 is 18.4 Å². The predicted octanol–water partition coefficient (Wildman–Crippen LogP) is 1.90. The molecule has 0 saturated heterocycles. The Morgan fingerprint density at radius 2 is 1.90 bits per heavy atom. The summed E-state index contributed by atoms with van der Waals surface area (Å²) in [5, 5.41) is 2.36. The number of benzene rings is 1. The van der Waals surface area contributed by atoms with Crippen molar-refractivity contribution in [1.29, 1.82) is 0 Å². The molecule has 0 radical (unpaired) electrons. The lowest BCUT2D eigenvalue weighted by atomic mass is 10.1. The van der Waals surface area contributed by atoms with Crippen molar-refractivity contribution in [3.63, 3.8) is 0 Å². The molecule has 2 amide bonds. The lowest BCUT2D eigenvalue weighted by Crippen LogP contribution is -2.44. The average Bonchev–Trinajstić information content (AvgIpc) is 2.36. The third-order valence-corrected chi connectivity index (χ3v) is 2.67. The molecule has 1 aromatic rings. The first-order chi connectivity index (χ1) is 9.43. The second-order valence-electron chi connectivity index (χ2n) is 4.31. The number of carbonyl (C=O) groups is 2. The molecule has 0 spiro atoms. The van der Waals surface area contributed by atoms with E-state index in [1.54, 1.807) is 6.08 Å². The Hall–Kier alpha value is -2.24. The van der Waals surface area contributed by atoms with Gasteiger partial charge in [0.1, 0.15) is 17.7 Å². The van der Waals surface area contributed by atoms with Crippen LogP contribution in [-0.4, -0.2) is 17.9 Å². The number of nitrogens with one attached hydrogen (secondary N) is 1. The van der Waals surface area contributed by atoms with Gasteiger partial charge in [-0.15, -0.1) is 6.58 Å². The maximum absolute atomic E-state index is 13.0. The van der Waals surface area contributed by atoms with E-state index in [2.05, 4.69) is 11.9 Å². The first-order valence-corrected chi connectivity index (χ1v) is 6.11. The maximum Gasteiger partial charge on any atom is 0.252 e. The van der Waals surface area contributed by atoms with Crippen molar-refractivity contribution in [3.8, 4) is 0 Å². The van der Waals surface area contributed by atoms with Gasteiger partial charge in [-0.2, -0.15) is 0 Å². The number of unbranched alkanes of at least 4 members (excludes halogenated alkanes) is 1. The third kappa shape index (κ3) is 4.79. The van der Waals surface area contributed by atoms with Gasteiger partial charge in [-0.25, -0.2) is 8.78 Å². The predicted molar refractivity (Wildman–Crippen MR) is 70.9 cm³/mol. The standard InChI is InChI=1S/C14H16F2N2O2/c1-2-3-4-5-12(13(17)19)18-14(20)9-6-10(15)8-11(16)7-9/h2,6-8,12H,1,3-5H2,(H2,17,19)(H,18,20)/t12-/m0/s1. The van der Waals surface area contributed by atoms with Crippen LogP contribution < -0.4 is 11.1 Å². The minimum atomic E-state index is -0.881. The maximum atomic E-state index is 13.0. The molecule has 1 rings (SSSR count). The van der Waals surface area contributed by atoms with E-state index in [1.807, 2.05) is 0 Å². The van der Waals surface area contributed by atoms with E-state index < -0.39 is 29.5 Å². The molecule has 1 aromatic carbocycles. The van der Waals surface area contributed by atoms with Gasteiger partial charge in [-0.3, -0.25) is 9.59 Å². The summed E-state index contributed by atoms with van der Waals surface area (Å²) in [6.07, 6.45) is 3.32. The minimum absolute atomic E-state index is 0.197. The highest BCUT2D eigenvalue weighted by atomic mass is 19.1. The van der Waals surface area contributed by atoms with Crippen LogP contribution in [0.5, 0.6) is 0 Å². The zero-order valence-corrected chi connectivity index (χ0v) is 10.9. The number of primary amides is 1. The third-order valence-electron chi connectivity index (χ3n) is 2.67. The van der Waals surface area contributed by atoms with E-state index in [9.17, 15) is 18.4 Å². The van der Waals surface area contributed by atoms with Crippen molar-refractivity contribution in [2.45, 2.75) is 25.3 Å². The van der Waals surface area contributed by atoms with Gasteiger partial charge in [0, 0.05) is 11.6 Å². The Balaban J connectivity index is 2.74. The van der Waals surface area contributed by atoms with Crippen molar-refractivity contribution in [2.75, 3.05) is 0 Å². The Morgan fingerprint density at radius 1 is 1.30 bits per heavy atom. The molecule has 3 N–H and O–H groups in total. The molecule has 108 valence electrons. The summed E-state index contributed by atoms with van der Waals surface area (Å²) in [4.78, 5) is 23.1. The molecule has 0 unspecified atom stereocenters.